The molecular weight excluding hydrogens is 316 g/mol. The van der Waals surface area contributed by atoms with E-state index in [4.69, 9.17) is 16.0 Å². The van der Waals surface area contributed by atoms with Crippen LogP contribution < -0.4 is 4.90 Å². The molecule has 7 heteroatoms. The number of aromatic nitrogens is 2. The van der Waals surface area contributed by atoms with E-state index in [0.717, 1.165) is 31.0 Å². The number of rotatable bonds is 4. The Morgan fingerprint density at radius 3 is 3.00 bits per heavy atom. The molecule has 2 aromatic heterocycles. The minimum atomic E-state index is -0.0406. The molecule has 1 aliphatic heterocycles. The van der Waals surface area contributed by atoms with E-state index in [1.807, 2.05) is 25.2 Å². The molecular formula is C16H19ClN4O2. The van der Waals surface area contributed by atoms with Gasteiger partial charge in [-0.1, -0.05) is 11.6 Å². The first kappa shape index (κ1) is 15.8. The van der Waals surface area contributed by atoms with Crippen molar-refractivity contribution in [2.75, 3.05) is 25.0 Å². The summed E-state index contributed by atoms with van der Waals surface area (Å²) in [4.78, 5) is 16.5. The maximum Gasteiger partial charge on any atom is 0.227 e. The fraction of sp³-hybridized carbons (Fsp3) is 0.438. The highest BCUT2D eigenvalue weighted by Crippen LogP contribution is 2.23. The predicted molar refractivity (Wildman–Crippen MR) is 87.2 cm³/mol. The van der Waals surface area contributed by atoms with Crippen LogP contribution in [0.3, 0.4) is 0 Å². The average molecular weight is 335 g/mol. The highest BCUT2D eigenvalue weighted by molar-refractivity contribution is 6.29. The number of carbonyl (C=O) groups excluding carboxylic acids is 1. The van der Waals surface area contributed by atoms with Crippen molar-refractivity contribution in [3.8, 4) is 0 Å². The Hall–Kier alpha value is -2.08. The van der Waals surface area contributed by atoms with Crippen molar-refractivity contribution >= 4 is 23.3 Å². The zero-order valence-corrected chi connectivity index (χ0v) is 13.7. The molecule has 122 valence electrons. The van der Waals surface area contributed by atoms with Crippen molar-refractivity contribution < 1.29 is 9.21 Å². The number of piperidine rings is 1. The molecule has 0 unspecified atom stereocenters. The van der Waals surface area contributed by atoms with E-state index in [0.29, 0.717) is 18.2 Å². The van der Waals surface area contributed by atoms with Crippen molar-refractivity contribution in [1.29, 1.82) is 0 Å². The van der Waals surface area contributed by atoms with Crippen LogP contribution in [0.4, 0.5) is 5.82 Å². The molecule has 0 saturated carbocycles. The van der Waals surface area contributed by atoms with E-state index in [-0.39, 0.29) is 11.8 Å². The van der Waals surface area contributed by atoms with Crippen LogP contribution in [0.5, 0.6) is 0 Å². The predicted octanol–water partition coefficient (Wildman–Crippen LogP) is 2.60. The van der Waals surface area contributed by atoms with Crippen molar-refractivity contribution in [2.45, 2.75) is 19.4 Å². The standard InChI is InChI=1S/C16H19ClN4O2/c1-20(11-13-5-3-9-23-13)16(22)12-4-2-8-21(10-12)15-7-6-14(17)18-19-15/h3,5-7,9,12H,2,4,8,10-11H2,1H3/t12-/m0/s1. The van der Waals surface area contributed by atoms with Crippen molar-refractivity contribution in [3.63, 3.8) is 0 Å². The molecule has 3 rings (SSSR count). The Bertz CT molecular complexity index is 645. The maximum absolute atomic E-state index is 12.7. The van der Waals surface area contributed by atoms with Gasteiger partial charge in [0.15, 0.2) is 11.0 Å². The van der Waals surface area contributed by atoms with Crippen LogP contribution >= 0.6 is 11.6 Å². The summed E-state index contributed by atoms with van der Waals surface area (Å²) in [5.41, 5.74) is 0. The molecule has 23 heavy (non-hydrogen) atoms. The normalized spacial score (nSPS) is 18.0. The number of hydrogen-bond acceptors (Lipinski definition) is 5. The second-order valence-corrected chi connectivity index (χ2v) is 6.16. The van der Waals surface area contributed by atoms with Crippen LogP contribution in [0.25, 0.3) is 0 Å². The van der Waals surface area contributed by atoms with Gasteiger partial charge in [0.25, 0.3) is 0 Å². The van der Waals surface area contributed by atoms with Crippen molar-refractivity contribution in [3.05, 3.63) is 41.4 Å². The summed E-state index contributed by atoms with van der Waals surface area (Å²) >= 11 is 5.78. The Balaban J connectivity index is 1.63. The first-order chi connectivity index (χ1) is 11.1. The van der Waals surface area contributed by atoms with Gasteiger partial charge in [-0.15, -0.1) is 10.2 Å². The fourth-order valence-electron chi connectivity index (χ4n) is 2.89. The molecule has 2 aromatic rings. The number of furan rings is 1. The van der Waals surface area contributed by atoms with Gasteiger partial charge in [0.05, 0.1) is 18.7 Å². The number of anilines is 1. The van der Waals surface area contributed by atoms with Crippen LogP contribution in [-0.2, 0) is 11.3 Å². The largest absolute Gasteiger partial charge is 0.467 e. The van der Waals surface area contributed by atoms with Gasteiger partial charge in [0.1, 0.15) is 5.76 Å². The molecule has 1 aliphatic rings. The number of amides is 1. The van der Waals surface area contributed by atoms with Crippen LogP contribution in [0.1, 0.15) is 18.6 Å². The smallest absolute Gasteiger partial charge is 0.227 e. The van der Waals surface area contributed by atoms with E-state index in [9.17, 15) is 4.79 Å². The quantitative estimate of drug-likeness (QED) is 0.860. The second-order valence-electron chi connectivity index (χ2n) is 5.77. The summed E-state index contributed by atoms with van der Waals surface area (Å²) in [5, 5.41) is 8.35. The Labute approximate surface area is 140 Å². The number of halogens is 1. The lowest BCUT2D eigenvalue weighted by atomic mass is 9.96. The minimum absolute atomic E-state index is 0.0406. The summed E-state index contributed by atoms with van der Waals surface area (Å²) in [6.07, 6.45) is 3.46. The zero-order valence-electron chi connectivity index (χ0n) is 13.0. The maximum atomic E-state index is 12.7. The van der Waals surface area contributed by atoms with Crippen LogP contribution in [0.2, 0.25) is 5.15 Å². The van der Waals surface area contributed by atoms with Crippen LogP contribution in [0, 0.1) is 5.92 Å². The molecule has 1 atom stereocenters. The highest BCUT2D eigenvalue weighted by atomic mass is 35.5. The fourth-order valence-corrected chi connectivity index (χ4v) is 2.99. The summed E-state index contributed by atoms with van der Waals surface area (Å²) in [5.74, 6) is 1.65. The molecule has 3 heterocycles. The number of nitrogens with zero attached hydrogens (tertiary/aromatic N) is 4. The van der Waals surface area contributed by atoms with Gasteiger partial charge in [-0.3, -0.25) is 4.79 Å². The summed E-state index contributed by atoms with van der Waals surface area (Å²) < 4.78 is 5.31. The SMILES string of the molecule is CN(Cc1ccco1)C(=O)[C@H]1CCCN(c2ccc(Cl)nn2)C1. The Morgan fingerprint density at radius 1 is 1.43 bits per heavy atom. The molecule has 1 fully saturated rings. The lowest BCUT2D eigenvalue weighted by molar-refractivity contribution is -0.135. The molecule has 0 aromatic carbocycles. The molecule has 0 spiro atoms. The van der Waals surface area contributed by atoms with E-state index < -0.39 is 0 Å². The highest BCUT2D eigenvalue weighted by Gasteiger charge is 2.29. The zero-order chi connectivity index (χ0) is 16.2. The van der Waals surface area contributed by atoms with Gasteiger partial charge < -0.3 is 14.2 Å². The van der Waals surface area contributed by atoms with Gasteiger partial charge in [0, 0.05) is 20.1 Å². The van der Waals surface area contributed by atoms with Crippen molar-refractivity contribution in [2.24, 2.45) is 5.92 Å². The molecule has 1 saturated heterocycles. The Kier molecular flexibility index (Phi) is 4.81. The third-order valence-electron chi connectivity index (χ3n) is 4.06. The summed E-state index contributed by atoms with van der Waals surface area (Å²) in [6, 6.07) is 7.27. The second kappa shape index (κ2) is 7.00. The van der Waals surface area contributed by atoms with Gasteiger partial charge >= 0.3 is 0 Å². The van der Waals surface area contributed by atoms with Gasteiger partial charge in [0.2, 0.25) is 5.91 Å². The summed E-state index contributed by atoms with van der Waals surface area (Å²) in [7, 11) is 1.81. The summed E-state index contributed by atoms with van der Waals surface area (Å²) in [6.45, 7) is 2.02. The lowest BCUT2D eigenvalue weighted by Crippen LogP contribution is -2.43. The third-order valence-corrected chi connectivity index (χ3v) is 4.26. The van der Waals surface area contributed by atoms with Crippen molar-refractivity contribution in [1.82, 2.24) is 15.1 Å². The first-order valence-electron chi connectivity index (χ1n) is 7.65. The van der Waals surface area contributed by atoms with Gasteiger partial charge in [-0.2, -0.15) is 0 Å². The molecule has 1 amide bonds. The monoisotopic (exact) mass is 334 g/mol. The van der Waals surface area contributed by atoms with E-state index in [1.54, 1.807) is 17.2 Å². The minimum Gasteiger partial charge on any atom is -0.467 e. The number of hydrogen-bond donors (Lipinski definition) is 0. The van der Waals surface area contributed by atoms with E-state index >= 15 is 0 Å². The Morgan fingerprint density at radius 2 is 2.30 bits per heavy atom. The molecule has 0 N–H and O–H groups in total. The third kappa shape index (κ3) is 3.82. The van der Waals surface area contributed by atoms with E-state index in [2.05, 4.69) is 15.1 Å². The van der Waals surface area contributed by atoms with Gasteiger partial charge in [-0.25, -0.2) is 0 Å². The van der Waals surface area contributed by atoms with Crippen LogP contribution in [-0.4, -0.2) is 41.1 Å². The number of carbonyl (C=O) groups is 1. The molecule has 0 aliphatic carbocycles. The lowest BCUT2D eigenvalue weighted by Gasteiger charge is -2.34. The van der Waals surface area contributed by atoms with Crippen LogP contribution in [0.15, 0.2) is 34.9 Å². The topological polar surface area (TPSA) is 62.5 Å². The molecule has 6 nitrogen and oxygen atoms in total. The van der Waals surface area contributed by atoms with E-state index in [1.165, 1.54) is 0 Å². The molecule has 0 bridgehead atoms. The molecule has 0 radical (unpaired) electrons. The average Bonchev–Trinajstić information content (AvgIpc) is 3.08. The first-order valence-corrected chi connectivity index (χ1v) is 8.03. The van der Waals surface area contributed by atoms with Gasteiger partial charge in [-0.05, 0) is 37.1 Å².